The minimum Gasteiger partial charge on any atom is -1.00 e. The molecule has 0 aromatic heterocycles. The second kappa shape index (κ2) is 7.41. The summed E-state index contributed by atoms with van der Waals surface area (Å²) in [7, 11) is 2.05. The van der Waals surface area contributed by atoms with Crippen molar-refractivity contribution in [2.45, 2.75) is 6.54 Å². The fourth-order valence-corrected chi connectivity index (χ4v) is 3.06. The van der Waals surface area contributed by atoms with Crippen LogP contribution in [0.15, 0.2) is 67.0 Å². The summed E-state index contributed by atoms with van der Waals surface area (Å²) in [5.74, 6) is 0. The van der Waals surface area contributed by atoms with Gasteiger partial charge in [0.2, 0.25) is 0 Å². The average Bonchev–Trinajstić information content (AvgIpc) is 2.92. The number of halogens is 1. The van der Waals surface area contributed by atoms with E-state index in [0.717, 1.165) is 6.54 Å². The van der Waals surface area contributed by atoms with Crippen molar-refractivity contribution in [1.29, 1.82) is 0 Å². The van der Waals surface area contributed by atoms with E-state index < -0.39 is 0 Å². The number of benzene rings is 3. The first-order chi connectivity index (χ1) is 10.3. The molecule has 1 aliphatic heterocycles. The molecule has 4 heteroatoms. The van der Waals surface area contributed by atoms with Crippen molar-refractivity contribution >= 4 is 21.5 Å². The van der Waals surface area contributed by atoms with Gasteiger partial charge in [0, 0.05) is 26.0 Å². The minimum atomic E-state index is 0. The third-order valence-corrected chi connectivity index (χ3v) is 4.05. The van der Waals surface area contributed by atoms with Crippen molar-refractivity contribution in [1.82, 2.24) is 9.80 Å². The molecule has 1 heterocycles. The van der Waals surface area contributed by atoms with Gasteiger partial charge in [-0.05, 0) is 33.2 Å². The number of hydrogen-bond donors (Lipinski definition) is 0. The Bertz CT molecular complexity index is 793. The van der Waals surface area contributed by atoms with Crippen LogP contribution in [0.2, 0.25) is 0 Å². The Hall–Kier alpha value is -1.45. The number of hydrogen-bond acceptors (Lipinski definition) is 2. The van der Waals surface area contributed by atoms with E-state index >= 15 is 0 Å². The molecule has 23 heavy (non-hydrogen) atoms. The van der Waals surface area contributed by atoms with Crippen molar-refractivity contribution in [3.63, 3.8) is 0 Å². The van der Waals surface area contributed by atoms with E-state index in [1.807, 2.05) is 0 Å². The van der Waals surface area contributed by atoms with Crippen LogP contribution >= 0.6 is 0 Å². The second-order valence-electron chi connectivity index (χ2n) is 5.55. The van der Waals surface area contributed by atoms with Crippen LogP contribution in [-0.4, -0.2) is 16.8 Å². The number of nitrogens with zero attached hydrogens (tertiary/aromatic N) is 2. The van der Waals surface area contributed by atoms with Gasteiger partial charge in [-0.3, -0.25) is 0 Å². The van der Waals surface area contributed by atoms with Gasteiger partial charge in [0.05, 0.1) is 0 Å². The summed E-state index contributed by atoms with van der Waals surface area (Å²) in [6.45, 7) is 3.01. The van der Waals surface area contributed by atoms with Crippen molar-refractivity contribution in [2.24, 2.45) is 0 Å². The maximum atomic E-state index is 2.28. The summed E-state index contributed by atoms with van der Waals surface area (Å²) in [6, 6.07) is 19.6. The van der Waals surface area contributed by atoms with E-state index in [9.17, 15) is 0 Å². The summed E-state index contributed by atoms with van der Waals surface area (Å²) in [5, 5.41) is 5.30. The molecule has 0 amide bonds. The van der Waals surface area contributed by atoms with Gasteiger partial charge < -0.3 is 22.2 Å². The summed E-state index contributed by atoms with van der Waals surface area (Å²) in [6.07, 6.45) is 4.20. The van der Waals surface area contributed by atoms with Gasteiger partial charge in [0.25, 0.3) is 0 Å². The van der Waals surface area contributed by atoms with Crippen molar-refractivity contribution in [3.8, 4) is 0 Å². The molecule has 0 bridgehead atoms. The third kappa shape index (κ3) is 3.41. The van der Waals surface area contributed by atoms with Gasteiger partial charge in [-0.25, -0.2) is 0 Å². The van der Waals surface area contributed by atoms with Crippen molar-refractivity contribution in [2.75, 3.05) is 7.05 Å². The normalized spacial score (nSPS) is 13.3. The van der Waals surface area contributed by atoms with Gasteiger partial charge >= 0.3 is 22.4 Å². The molecule has 0 fully saturated rings. The van der Waals surface area contributed by atoms with Crippen LogP contribution in [0.25, 0.3) is 21.5 Å². The molecular weight excluding hydrogens is 400 g/mol. The zero-order chi connectivity index (χ0) is 14.2. The number of fused-ring (bicyclic) bond motifs is 2. The Morgan fingerprint density at radius 3 is 1.91 bits per heavy atom. The fraction of sp³-hybridized carbons (Fsp3) is 0.105. The van der Waals surface area contributed by atoms with E-state index in [1.165, 1.54) is 27.1 Å². The summed E-state index contributed by atoms with van der Waals surface area (Å²) < 4.78 is 0. The van der Waals surface area contributed by atoms with E-state index in [0.29, 0.717) is 0 Å². The maximum absolute atomic E-state index is 2.28. The Morgan fingerprint density at radius 2 is 1.39 bits per heavy atom. The molecule has 0 N–H and O–H groups in total. The molecule has 1 radical (unpaired) electrons. The van der Waals surface area contributed by atoms with Gasteiger partial charge in [0.15, 0.2) is 0 Å². The van der Waals surface area contributed by atoms with Gasteiger partial charge in [0.1, 0.15) is 6.67 Å². The first-order valence-electron chi connectivity index (χ1n) is 7.22. The molecule has 3 aromatic carbocycles. The first-order valence-corrected chi connectivity index (χ1v) is 7.22. The Balaban J connectivity index is 0.000000960. The number of rotatable bonds is 2. The standard InChI is InChI=1S/C19H17N2.Ag.ClH/c1-20-10-11-21(14-20)13-19-17-8-4-2-6-15(17)12-16-7-3-5-9-18(16)19;;/h2-12,14H,13H2,1H3;;1H/q;+1;/p-1. The van der Waals surface area contributed by atoms with Crippen LogP contribution in [0, 0.1) is 6.67 Å². The largest absolute Gasteiger partial charge is 1.00 e. The molecule has 1 aliphatic rings. The van der Waals surface area contributed by atoms with Crippen molar-refractivity contribution < 1.29 is 34.8 Å². The predicted octanol–water partition coefficient (Wildman–Crippen LogP) is 1.33. The van der Waals surface area contributed by atoms with E-state index in [-0.39, 0.29) is 34.8 Å². The molecule has 0 atom stereocenters. The topological polar surface area (TPSA) is 6.48 Å². The second-order valence-corrected chi connectivity index (χ2v) is 5.55. The maximum Gasteiger partial charge on any atom is 1.00 e. The van der Waals surface area contributed by atoms with E-state index in [2.05, 4.69) is 90.5 Å². The monoisotopic (exact) mass is 415 g/mol. The Labute approximate surface area is 158 Å². The summed E-state index contributed by atoms with van der Waals surface area (Å²) in [5.41, 5.74) is 1.39. The zero-order valence-corrected chi connectivity index (χ0v) is 14.9. The Kier molecular flexibility index (Phi) is 5.77. The van der Waals surface area contributed by atoms with Gasteiger partial charge in [-0.2, -0.15) is 0 Å². The zero-order valence-electron chi connectivity index (χ0n) is 12.7. The van der Waals surface area contributed by atoms with Crippen LogP contribution in [0.4, 0.5) is 0 Å². The summed E-state index contributed by atoms with van der Waals surface area (Å²) in [4.78, 5) is 4.31. The van der Waals surface area contributed by atoms with Crippen LogP contribution in [0.5, 0.6) is 0 Å². The summed E-state index contributed by atoms with van der Waals surface area (Å²) >= 11 is 0. The van der Waals surface area contributed by atoms with Crippen molar-refractivity contribution in [3.05, 3.63) is 79.2 Å². The third-order valence-electron chi connectivity index (χ3n) is 4.05. The first kappa shape index (κ1) is 17.9. The van der Waals surface area contributed by atoms with Crippen LogP contribution in [0.3, 0.4) is 0 Å². The fourth-order valence-electron chi connectivity index (χ4n) is 3.06. The van der Waals surface area contributed by atoms with Gasteiger partial charge in [-0.1, -0.05) is 48.5 Å². The molecule has 2 nitrogen and oxygen atoms in total. The quantitative estimate of drug-likeness (QED) is 0.459. The Morgan fingerprint density at radius 1 is 0.826 bits per heavy atom. The minimum absolute atomic E-state index is 0. The SMILES string of the molecule is CN1[CH]N(Cc2c3ccccc3cc3ccccc23)C=C1.[Ag+].[Cl-]. The van der Waals surface area contributed by atoms with Crippen LogP contribution in [-0.2, 0) is 28.9 Å². The molecule has 121 valence electrons. The molecule has 3 aromatic rings. The van der Waals surface area contributed by atoms with E-state index in [1.54, 1.807) is 0 Å². The van der Waals surface area contributed by atoms with Crippen LogP contribution in [0.1, 0.15) is 5.56 Å². The molecule has 0 saturated heterocycles. The molecule has 0 saturated carbocycles. The predicted molar refractivity (Wildman–Crippen MR) is 88.2 cm³/mol. The average molecular weight is 417 g/mol. The van der Waals surface area contributed by atoms with Gasteiger partial charge in [-0.15, -0.1) is 0 Å². The molecular formula is C19H17AgClN2. The van der Waals surface area contributed by atoms with E-state index in [4.69, 9.17) is 0 Å². The smallest absolute Gasteiger partial charge is 1.00 e. The molecule has 0 unspecified atom stereocenters. The molecule has 0 aliphatic carbocycles. The molecule has 4 rings (SSSR count). The molecule has 0 spiro atoms. The van der Waals surface area contributed by atoms with Crippen LogP contribution < -0.4 is 12.4 Å².